The Kier molecular flexibility index (Phi) is 5.78. The van der Waals surface area contributed by atoms with Crippen LogP contribution in [0.5, 0.6) is 0 Å². The molecule has 1 unspecified atom stereocenters. The van der Waals surface area contributed by atoms with E-state index < -0.39 is 0 Å². The van der Waals surface area contributed by atoms with Crippen molar-refractivity contribution in [3.63, 3.8) is 0 Å². The van der Waals surface area contributed by atoms with Crippen LogP contribution in [-0.4, -0.2) is 25.7 Å². The quantitative estimate of drug-likeness (QED) is 0.470. The van der Waals surface area contributed by atoms with Crippen LogP contribution in [0.4, 0.5) is 0 Å². The number of ether oxygens (including phenoxy) is 1. The Labute approximate surface area is 66.8 Å². The van der Waals surface area contributed by atoms with Gasteiger partial charge in [0.05, 0.1) is 7.11 Å². The molecule has 0 aromatic rings. The zero-order chi connectivity index (χ0) is 8.69. The number of methoxy groups -OCH3 is 1. The van der Waals surface area contributed by atoms with Gasteiger partial charge in [-0.3, -0.25) is 4.84 Å². The molecule has 0 amide bonds. The van der Waals surface area contributed by atoms with E-state index in [-0.39, 0.29) is 18.6 Å². The summed E-state index contributed by atoms with van der Waals surface area (Å²) in [7, 11) is 1.33. The van der Waals surface area contributed by atoms with E-state index in [1.165, 1.54) is 7.11 Å². The number of hydrogen-bond acceptors (Lipinski definition) is 4. The zero-order valence-corrected chi connectivity index (χ0v) is 7.22. The number of hydrogen-bond donors (Lipinski definition) is 1. The molecule has 0 spiro atoms. The number of hydroxylamine groups is 1. The summed E-state index contributed by atoms with van der Waals surface area (Å²) in [5, 5.41) is 0. The molecule has 0 aliphatic heterocycles. The van der Waals surface area contributed by atoms with Crippen molar-refractivity contribution in [1.82, 2.24) is 5.48 Å². The Morgan fingerprint density at radius 2 is 2.27 bits per heavy atom. The molecular formula is C7H15NO3. The Bertz CT molecular complexity index is 116. The highest BCUT2D eigenvalue weighted by molar-refractivity contribution is 5.70. The summed E-state index contributed by atoms with van der Waals surface area (Å²) in [6.45, 7) is 3.96. The minimum atomic E-state index is -0.374. The van der Waals surface area contributed by atoms with Crippen molar-refractivity contribution in [1.29, 1.82) is 0 Å². The molecular weight excluding hydrogens is 146 g/mol. The molecule has 0 aliphatic carbocycles. The topological polar surface area (TPSA) is 47.6 Å². The van der Waals surface area contributed by atoms with Crippen LogP contribution in [0.1, 0.15) is 20.3 Å². The smallest absolute Gasteiger partial charge is 0.333 e. The van der Waals surface area contributed by atoms with Crippen molar-refractivity contribution in [2.24, 2.45) is 0 Å². The SMILES string of the molecule is CCC(C)NOCC(=O)OC. The van der Waals surface area contributed by atoms with E-state index in [2.05, 4.69) is 10.2 Å². The summed E-state index contributed by atoms with van der Waals surface area (Å²) in [5.74, 6) is -0.374. The highest BCUT2D eigenvalue weighted by atomic mass is 16.7. The van der Waals surface area contributed by atoms with Gasteiger partial charge in [-0.15, -0.1) is 0 Å². The monoisotopic (exact) mass is 161 g/mol. The fraction of sp³-hybridized carbons (Fsp3) is 0.857. The van der Waals surface area contributed by atoms with Crippen molar-refractivity contribution in [3.05, 3.63) is 0 Å². The molecule has 0 heterocycles. The third-order valence-corrected chi connectivity index (χ3v) is 1.31. The Morgan fingerprint density at radius 1 is 1.64 bits per heavy atom. The van der Waals surface area contributed by atoms with Crippen LogP contribution in [0.3, 0.4) is 0 Å². The van der Waals surface area contributed by atoms with E-state index >= 15 is 0 Å². The second-order valence-electron chi connectivity index (χ2n) is 2.29. The fourth-order valence-electron chi connectivity index (χ4n) is 0.385. The Morgan fingerprint density at radius 3 is 2.73 bits per heavy atom. The molecule has 1 N–H and O–H groups in total. The number of esters is 1. The van der Waals surface area contributed by atoms with Crippen LogP contribution in [0, 0.1) is 0 Å². The lowest BCUT2D eigenvalue weighted by Crippen LogP contribution is -2.28. The highest BCUT2D eigenvalue weighted by Gasteiger charge is 2.01. The second kappa shape index (κ2) is 6.12. The molecule has 1 atom stereocenters. The number of carbonyl (C=O) groups excluding carboxylic acids is 1. The minimum Gasteiger partial charge on any atom is -0.467 e. The fourth-order valence-corrected chi connectivity index (χ4v) is 0.385. The molecule has 0 saturated heterocycles. The van der Waals surface area contributed by atoms with Gasteiger partial charge in [0, 0.05) is 6.04 Å². The largest absolute Gasteiger partial charge is 0.467 e. The lowest BCUT2D eigenvalue weighted by Gasteiger charge is -2.09. The maximum absolute atomic E-state index is 10.5. The molecule has 0 saturated carbocycles. The first kappa shape index (κ1) is 10.4. The number of nitrogens with one attached hydrogen (secondary N) is 1. The normalized spacial score (nSPS) is 12.6. The first-order valence-electron chi connectivity index (χ1n) is 3.64. The molecule has 0 bridgehead atoms. The summed E-state index contributed by atoms with van der Waals surface area (Å²) in [6.07, 6.45) is 0.959. The van der Waals surface area contributed by atoms with E-state index in [1.807, 2.05) is 13.8 Å². The average molecular weight is 161 g/mol. The molecule has 0 aromatic carbocycles. The summed E-state index contributed by atoms with van der Waals surface area (Å²) >= 11 is 0. The number of rotatable bonds is 5. The predicted octanol–water partition coefficient (Wildman–Crippen LogP) is 0.479. The standard InChI is InChI=1S/C7H15NO3/c1-4-6(2)8-11-5-7(9)10-3/h6,8H,4-5H2,1-3H3. The van der Waals surface area contributed by atoms with E-state index in [9.17, 15) is 4.79 Å². The molecule has 4 heteroatoms. The molecule has 0 aliphatic rings. The van der Waals surface area contributed by atoms with Gasteiger partial charge in [0.25, 0.3) is 0 Å². The van der Waals surface area contributed by atoms with Gasteiger partial charge in [0.2, 0.25) is 0 Å². The zero-order valence-electron chi connectivity index (χ0n) is 7.22. The van der Waals surface area contributed by atoms with Crippen molar-refractivity contribution in [3.8, 4) is 0 Å². The molecule has 11 heavy (non-hydrogen) atoms. The predicted molar refractivity (Wildman–Crippen MR) is 40.9 cm³/mol. The molecule has 0 radical (unpaired) electrons. The lowest BCUT2D eigenvalue weighted by molar-refractivity contribution is -0.149. The average Bonchev–Trinajstić information content (AvgIpc) is 2.04. The molecule has 0 rings (SSSR count). The van der Waals surface area contributed by atoms with E-state index in [0.29, 0.717) is 0 Å². The Hall–Kier alpha value is -0.610. The third kappa shape index (κ3) is 5.82. The van der Waals surface area contributed by atoms with E-state index in [1.54, 1.807) is 0 Å². The third-order valence-electron chi connectivity index (χ3n) is 1.31. The van der Waals surface area contributed by atoms with Gasteiger partial charge in [-0.1, -0.05) is 6.92 Å². The van der Waals surface area contributed by atoms with Crippen LogP contribution < -0.4 is 5.48 Å². The summed E-state index contributed by atoms with van der Waals surface area (Å²) in [6, 6.07) is 0.264. The van der Waals surface area contributed by atoms with Gasteiger partial charge in [0.15, 0.2) is 6.61 Å². The minimum absolute atomic E-state index is 0.0408. The van der Waals surface area contributed by atoms with Crippen molar-refractivity contribution in [2.75, 3.05) is 13.7 Å². The van der Waals surface area contributed by atoms with Gasteiger partial charge < -0.3 is 4.74 Å². The van der Waals surface area contributed by atoms with Gasteiger partial charge in [-0.2, -0.15) is 5.48 Å². The van der Waals surface area contributed by atoms with Crippen molar-refractivity contribution in [2.45, 2.75) is 26.3 Å². The molecule has 4 nitrogen and oxygen atoms in total. The van der Waals surface area contributed by atoms with Crippen LogP contribution >= 0.6 is 0 Å². The van der Waals surface area contributed by atoms with Crippen LogP contribution in [0.25, 0.3) is 0 Å². The van der Waals surface area contributed by atoms with Gasteiger partial charge >= 0.3 is 5.97 Å². The summed E-state index contributed by atoms with van der Waals surface area (Å²) < 4.78 is 4.36. The second-order valence-corrected chi connectivity index (χ2v) is 2.29. The van der Waals surface area contributed by atoms with Crippen LogP contribution in [-0.2, 0) is 14.4 Å². The van der Waals surface area contributed by atoms with E-state index in [0.717, 1.165) is 6.42 Å². The van der Waals surface area contributed by atoms with Gasteiger partial charge in [-0.05, 0) is 13.3 Å². The maximum Gasteiger partial charge on any atom is 0.333 e. The maximum atomic E-state index is 10.5. The van der Waals surface area contributed by atoms with Gasteiger partial charge in [-0.25, -0.2) is 4.79 Å². The first-order valence-corrected chi connectivity index (χ1v) is 3.64. The van der Waals surface area contributed by atoms with E-state index in [4.69, 9.17) is 4.84 Å². The summed E-state index contributed by atoms with van der Waals surface area (Å²) in [4.78, 5) is 15.3. The number of carbonyl (C=O) groups is 1. The van der Waals surface area contributed by atoms with Gasteiger partial charge in [0.1, 0.15) is 0 Å². The van der Waals surface area contributed by atoms with Crippen molar-refractivity contribution < 1.29 is 14.4 Å². The van der Waals surface area contributed by atoms with Crippen LogP contribution in [0.15, 0.2) is 0 Å². The molecule has 0 fully saturated rings. The molecule has 66 valence electrons. The Balaban J connectivity index is 3.20. The summed E-state index contributed by atoms with van der Waals surface area (Å²) in [5.41, 5.74) is 2.70. The van der Waals surface area contributed by atoms with Crippen LogP contribution in [0.2, 0.25) is 0 Å². The molecule has 0 aromatic heterocycles. The first-order chi connectivity index (χ1) is 5.20. The highest BCUT2D eigenvalue weighted by Crippen LogP contribution is 1.87. The van der Waals surface area contributed by atoms with Crippen molar-refractivity contribution >= 4 is 5.97 Å². The lowest BCUT2D eigenvalue weighted by atomic mass is 10.3.